The number of nitrogens with zero attached hydrogens (tertiary/aromatic N) is 2. The number of carbonyl (C=O) groups excluding carboxylic acids is 1. The van der Waals surface area contributed by atoms with Gasteiger partial charge in [0.05, 0.1) is 17.7 Å². The first-order chi connectivity index (χ1) is 15.9. The molecular formula is C24H23ClN2O5S. The number of fused-ring (bicyclic) bond motifs is 2. The largest absolute Gasteiger partial charge is 0.495 e. The molecule has 7 nitrogen and oxygen atoms in total. The molecule has 0 bridgehead atoms. The van der Waals surface area contributed by atoms with Crippen LogP contribution < -0.4 is 9.64 Å². The molecule has 0 unspecified atom stereocenters. The van der Waals surface area contributed by atoms with E-state index in [1.54, 1.807) is 42.3 Å². The Kier molecular flexibility index (Phi) is 5.68. The standard InChI is InChI=1S/C24H23ClN2O5S/c1-31-21-9-2-5-16-15-32-24(28)27(23(16)21)17-11-13-26(14-12-17)33(29,30)22-10-4-6-18-19(22)7-3-8-20(18)25/h2-10,17H,11-15H2,1H3. The van der Waals surface area contributed by atoms with Crippen molar-refractivity contribution in [1.82, 2.24) is 4.31 Å². The maximum atomic E-state index is 13.5. The first-order valence-corrected chi connectivity index (χ1v) is 12.5. The van der Waals surface area contributed by atoms with Crippen molar-refractivity contribution in [3.63, 3.8) is 0 Å². The minimum Gasteiger partial charge on any atom is -0.495 e. The summed E-state index contributed by atoms with van der Waals surface area (Å²) < 4.78 is 39.4. The van der Waals surface area contributed by atoms with Crippen LogP contribution in [0.25, 0.3) is 10.8 Å². The number of hydrogen-bond donors (Lipinski definition) is 0. The van der Waals surface area contributed by atoms with Crippen LogP contribution in [-0.4, -0.2) is 45.1 Å². The molecule has 3 aromatic carbocycles. The highest BCUT2D eigenvalue weighted by Gasteiger charge is 2.38. The number of carbonyl (C=O) groups is 1. The average Bonchev–Trinajstić information content (AvgIpc) is 2.83. The quantitative estimate of drug-likeness (QED) is 0.529. The minimum absolute atomic E-state index is 0.193. The molecule has 2 heterocycles. The third-order valence-corrected chi connectivity index (χ3v) is 8.61. The molecule has 9 heteroatoms. The molecule has 1 amide bonds. The second-order valence-electron chi connectivity index (χ2n) is 8.12. The molecule has 0 spiro atoms. The van der Waals surface area contributed by atoms with E-state index < -0.39 is 16.1 Å². The highest BCUT2D eigenvalue weighted by atomic mass is 35.5. The molecule has 2 aliphatic rings. The number of rotatable bonds is 4. The molecule has 3 aromatic rings. The number of sulfonamides is 1. The van der Waals surface area contributed by atoms with Gasteiger partial charge in [-0.3, -0.25) is 4.90 Å². The lowest BCUT2D eigenvalue weighted by molar-refractivity contribution is 0.135. The summed E-state index contributed by atoms with van der Waals surface area (Å²) in [6.07, 6.45) is 0.534. The summed E-state index contributed by atoms with van der Waals surface area (Å²) in [7, 11) is -2.16. The average molecular weight is 487 g/mol. The zero-order valence-corrected chi connectivity index (χ0v) is 19.6. The van der Waals surface area contributed by atoms with E-state index in [9.17, 15) is 13.2 Å². The molecule has 172 valence electrons. The Morgan fingerprint density at radius 1 is 1.00 bits per heavy atom. The van der Waals surface area contributed by atoms with Crippen molar-refractivity contribution in [2.24, 2.45) is 0 Å². The van der Waals surface area contributed by atoms with Crippen molar-refractivity contribution in [3.8, 4) is 5.75 Å². The predicted molar refractivity (Wildman–Crippen MR) is 126 cm³/mol. The van der Waals surface area contributed by atoms with Crippen LogP contribution in [-0.2, 0) is 21.4 Å². The van der Waals surface area contributed by atoms with Crippen LogP contribution in [0, 0.1) is 0 Å². The van der Waals surface area contributed by atoms with Crippen molar-refractivity contribution < 1.29 is 22.7 Å². The first-order valence-electron chi connectivity index (χ1n) is 10.7. The zero-order chi connectivity index (χ0) is 23.2. The number of methoxy groups -OCH3 is 1. The number of ether oxygens (including phenoxy) is 2. The van der Waals surface area contributed by atoms with Gasteiger partial charge in [0.1, 0.15) is 12.4 Å². The number of anilines is 1. The van der Waals surface area contributed by atoms with Crippen LogP contribution in [0.5, 0.6) is 5.75 Å². The van der Waals surface area contributed by atoms with Gasteiger partial charge in [-0.1, -0.05) is 48.0 Å². The van der Waals surface area contributed by atoms with Gasteiger partial charge in [-0.2, -0.15) is 4.31 Å². The number of cyclic esters (lactones) is 1. The summed E-state index contributed by atoms with van der Waals surface area (Å²) in [6, 6.07) is 15.8. The summed E-state index contributed by atoms with van der Waals surface area (Å²) in [4.78, 5) is 14.6. The number of benzene rings is 3. The summed E-state index contributed by atoms with van der Waals surface area (Å²) >= 11 is 6.28. The highest BCUT2D eigenvalue weighted by Crippen LogP contribution is 2.40. The zero-order valence-electron chi connectivity index (χ0n) is 18.0. The monoisotopic (exact) mass is 486 g/mol. The highest BCUT2D eigenvalue weighted by molar-refractivity contribution is 7.89. The Bertz CT molecular complexity index is 1320. The van der Waals surface area contributed by atoms with Crippen LogP contribution in [0.1, 0.15) is 18.4 Å². The molecule has 1 saturated heterocycles. The van der Waals surface area contributed by atoms with E-state index in [2.05, 4.69) is 0 Å². The van der Waals surface area contributed by atoms with E-state index in [4.69, 9.17) is 21.1 Å². The summed E-state index contributed by atoms with van der Waals surface area (Å²) in [5.74, 6) is 0.604. The third-order valence-electron chi connectivity index (χ3n) is 6.33. The number of para-hydroxylation sites is 1. The number of piperidine rings is 1. The summed E-state index contributed by atoms with van der Waals surface area (Å²) in [5, 5.41) is 1.82. The van der Waals surface area contributed by atoms with Crippen molar-refractivity contribution in [2.45, 2.75) is 30.4 Å². The van der Waals surface area contributed by atoms with Gasteiger partial charge in [-0.05, 0) is 31.0 Å². The van der Waals surface area contributed by atoms with Gasteiger partial charge in [-0.25, -0.2) is 13.2 Å². The van der Waals surface area contributed by atoms with Crippen molar-refractivity contribution >= 4 is 44.2 Å². The van der Waals surface area contributed by atoms with E-state index in [0.717, 1.165) is 5.56 Å². The molecule has 33 heavy (non-hydrogen) atoms. The normalized spacial score (nSPS) is 17.6. The van der Waals surface area contributed by atoms with E-state index in [1.165, 1.54) is 4.31 Å². The van der Waals surface area contributed by atoms with Gasteiger partial charge in [0.25, 0.3) is 0 Å². The fraction of sp³-hybridized carbons (Fsp3) is 0.292. The van der Waals surface area contributed by atoms with Crippen molar-refractivity contribution in [1.29, 1.82) is 0 Å². The van der Waals surface area contributed by atoms with Gasteiger partial charge >= 0.3 is 6.09 Å². The van der Waals surface area contributed by atoms with Crippen LogP contribution in [0.4, 0.5) is 10.5 Å². The number of halogens is 1. The predicted octanol–water partition coefficient (Wildman–Crippen LogP) is 4.81. The van der Waals surface area contributed by atoms with E-state index in [-0.39, 0.29) is 30.6 Å². The first kappa shape index (κ1) is 22.0. The van der Waals surface area contributed by atoms with Gasteiger partial charge in [-0.15, -0.1) is 0 Å². The maximum absolute atomic E-state index is 13.5. The lowest BCUT2D eigenvalue weighted by Gasteiger charge is -2.40. The minimum atomic E-state index is -3.73. The molecular weight excluding hydrogens is 464 g/mol. The van der Waals surface area contributed by atoms with Crippen molar-refractivity contribution in [3.05, 3.63) is 65.2 Å². The van der Waals surface area contributed by atoms with Crippen molar-refractivity contribution in [2.75, 3.05) is 25.1 Å². The fourth-order valence-electron chi connectivity index (χ4n) is 4.70. The Hall–Kier alpha value is -2.81. The van der Waals surface area contributed by atoms with E-state index in [0.29, 0.717) is 40.1 Å². The lowest BCUT2D eigenvalue weighted by atomic mass is 10.0. The van der Waals surface area contributed by atoms with Crippen LogP contribution >= 0.6 is 11.6 Å². The Labute approximate surface area is 197 Å². The van der Waals surface area contributed by atoms with Gasteiger partial charge < -0.3 is 9.47 Å². The molecule has 2 aliphatic heterocycles. The topological polar surface area (TPSA) is 76.2 Å². The Morgan fingerprint density at radius 3 is 2.45 bits per heavy atom. The molecule has 5 rings (SSSR count). The molecule has 0 atom stereocenters. The molecule has 0 aromatic heterocycles. The van der Waals surface area contributed by atoms with Gasteiger partial charge in [0, 0.05) is 40.5 Å². The molecule has 0 aliphatic carbocycles. The van der Waals surface area contributed by atoms with E-state index >= 15 is 0 Å². The number of hydrogen-bond acceptors (Lipinski definition) is 5. The van der Waals surface area contributed by atoms with Gasteiger partial charge in [0.2, 0.25) is 10.0 Å². The van der Waals surface area contributed by atoms with Crippen LogP contribution in [0.2, 0.25) is 5.02 Å². The molecule has 0 radical (unpaired) electrons. The SMILES string of the molecule is COc1cccc2c1N(C1CCN(S(=O)(=O)c3cccc4c(Cl)cccc34)CC1)C(=O)OC2. The molecule has 0 N–H and O–H groups in total. The van der Waals surface area contributed by atoms with Crippen LogP contribution in [0.3, 0.4) is 0 Å². The second-order valence-corrected chi connectivity index (χ2v) is 10.4. The number of amides is 1. The Morgan fingerprint density at radius 2 is 1.70 bits per heavy atom. The summed E-state index contributed by atoms with van der Waals surface area (Å²) in [5.41, 5.74) is 1.58. The molecule has 1 fully saturated rings. The second kappa shape index (κ2) is 8.52. The lowest BCUT2D eigenvalue weighted by Crippen LogP contribution is -2.50. The third kappa shape index (κ3) is 3.72. The molecule has 0 saturated carbocycles. The van der Waals surface area contributed by atoms with Gasteiger partial charge in [0.15, 0.2) is 0 Å². The smallest absolute Gasteiger partial charge is 0.415 e. The Balaban J connectivity index is 1.42. The summed E-state index contributed by atoms with van der Waals surface area (Å²) in [6.45, 7) is 0.773. The fourth-order valence-corrected chi connectivity index (χ4v) is 6.62. The van der Waals surface area contributed by atoms with E-state index in [1.807, 2.05) is 24.3 Å². The van der Waals surface area contributed by atoms with Crippen LogP contribution in [0.15, 0.2) is 59.5 Å². The maximum Gasteiger partial charge on any atom is 0.415 e.